The second-order valence-corrected chi connectivity index (χ2v) is 7.46. The lowest BCUT2D eigenvalue weighted by Crippen LogP contribution is -2.31. The Morgan fingerprint density at radius 2 is 2.24 bits per heavy atom. The summed E-state index contributed by atoms with van der Waals surface area (Å²) in [7, 11) is 1.58. The Bertz CT molecular complexity index is 735. The van der Waals surface area contributed by atoms with Gasteiger partial charge in [0.05, 0.1) is 11.6 Å². The molecular formula is C16H18ClIN4O2S. The third-order valence-electron chi connectivity index (χ3n) is 3.07. The number of amides is 2. The monoisotopic (exact) mass is 492 g/mol. The number of nitrogens with zero attached hydrogens (tertiary/aromatic N) is 3. The molecule has 6 nitrogen and oxygen atoms in total. The molecule has 9 heteroatoms. The summed E-state index contributed by atoms with van der Waals surface area (Å²) in [5.41, 5.74) is 0.600. The average molecular weight is 493 g/mol. The van der Waals surface area contributed by atoms with Crippen molar-refractivity contribution in [2.45, 2.75) is 29.7 Å². The van der Waals surface area contributed by atoms with Gasteiger partial charge in [-0.15, -0.1) is 0 Å². The van der Waals surface area contributed by atoms with Crippen molar-refractivity contribution in [3.8, 4) is 0 Å². The molecule has 2 aromatic rings. The van der Waals surface area contributed by atoms with Gasteiger partial charge in [-0.1, -0.05) is 36.7 Å². The Morgan fingerprint density at radius 3 is 2.92 bits per heavy atom. The van der Waals surface area contributed by atoms with Gasteiger partial charge in [-0.05, 0) is 30.7 Å². The first-order valence-corrected chi connectivity index (χ1v) is 9.90. The second-order valence-electron chi connectivity index (χ2n) is 5.03. The third-order valence-corrected chi connectivity index (χ3v) is 5.02. The average Bonchev–Trinajstić information content (AvgIpc) is 2.57. The largest absolute Gasteiger partial charge is 0.345 e. The number of carbonyl (C=O) groups excluding carboxylic acids is 1. The van der Waals surface area contributed by atoms with Gasteiger partial charge in [0, 0.05) is 46.4 Å². The Balaban J connectivity index is 1.98. The minimum Gasteiger partial charge on any atom is -0.306 e. The maximum atomic E-state index is 12.1. The van der Waals surface area contributed by atoms with Crippen LogP contribution in [0.1, 0.15) is 19.8 Å². The lowest BCUT2D eigenvalue weighted by Gasteiger charge is -2.17. The quantitative estimate of drug-likeness (QED) is 0.192. The predicted molar refractivity (Wildman–Crippen MR) is 108 cm³/mol. The van der Waals surface area contributed by atoms with E-state index in [0.717, 1.165) is 22.8 Å². The highest BCUT2D eigenvalue weighted by molar-refractivity contribution is 14.1. The number of rotatable bonds is 7. The number of halogens is 2. The normalized spacial score (nSPS) is 10.6. The number of hydroxylamine groups is 2. The molecule has 0 radical (unpaired) electrons. The van der Waals surface area contributed by atoms with Crippen LogP contribution in [0.25, 0.3) is 0 Å². The Hall–Kier alpha value is -1.10. The maximum absolute atomic E-state index is 12.1. The number of unbranched alkanes of at least 4 members (excludes halogenated alkanes) is 1. The van der Waals surface area contributed by atoms with Crippen LogP contribution >= 0.6 is 46.0 Å². The van der Waals surface area contributed by atoms with Gasteiger partial charge in [0.15, 0.2) is 3.83 Å². The number of benzene rings is 1. The van der Waals surface area contributed by atoms with Crippen LogP contribution in [-0.4, -0.2) is 34.7 Å². The van der Waals surface area contributed by atoms with E-state index in [4.69, 9.17) is 16.4 Å². The summed E-state index contributed by atoms with van der Waals surface area (Å²) >= 11 is 9.82. The number of hydrogen-bond donors (Lipinski definition) is 1. The summed E-state index contributed by atoms with van der Waals surface area (Å²) in [5, 5.41) is 5.28. The number of hydrogen-bond acceptors (Lipinski definition) is 5. The van der Waals surface area contributed by atoms with Crippen molar-refractivity contribution in [2.75, 3.05) is 19.0 Å². The number of aromatic nitrogens is 2. The van der Waals surface area contributed by atoms with E-state index < -0.39 is 0 Å². The van der Waals surface area contributed by atoms with Crippen molar-refractivity contribution in [3.05, 3.63) is 39.3 Å². The van der Waals surface area contributed by atoms with Gasteiger partial charge in [0.25, 0.3) is 0 Å². The molecule has 0 bridgehead atoms. The van der Waals surface area contributed by atoms with Crippen molar-refractivity contribution < 1.29 is 9.63 Å². The molecule has 0 fully saturated rings. The molecule has 2 amide bonds. The molecule has 0 atom stereocenters. The van der Waals surface area contributed by atoms with Crippen molar-refractivity contribution in [2.24, 2.45) is 0 Å². The second kappa shape index (κ2) is 10.1. The van der Waals surface area contributed by atoms with E-state index in [2.05, 4.69) is 44.8 Å². The van der Waals surface area contributed by atoms with E-state index in [0.29, 0.717) is 21.1 Å². The van der Waals surface area contributed by atoms with Crippen molar-refractivity contribution >= 4 is 57.7 Å². The maximum Gasteiger partial charge on any atom is 0.345 e. The molecular weight excluding hydrogens is 475 g/mol. The molecule has 134 valence electrons. The molecule has 0 unspecified atom stereocenters. The first kappa shape index (κ1) is 20.2. The molecule has 0 aliphatic heterocycles. The van der Waals surface area contributed by atoms with Crippen molar-refractivity contribution in [1.29, 1.82) is 0 Å². The van der Waals surface area contributed by atoms with Crippen LogP contribution in [0.3, 0.4) is 0 Å². The highest BCUT2D eigenvalue weighted by Crippen LogP contribution is 2.33. The first-order chi connectivity index (χ1) is 12.0. The van der Waals surface area contributed by atoms with Crippen molar-refractivity contribution in [1.82, 2.24) is 15.0 Å². The smallest absolute Gasteiger partial charge is 0.306 e. The molecule has 2 rings (SSSR count). The Morgan fingerprint density at radius 1 is 1.44 bits per heavy atom. The molecule has 0 saturated heterocycles. The van der Waals surface area contributed by atoms with Gasteiger partial charge >= 0.3 is 6.03 Å². The molecule has 1 aromatic carbocycles. The SMILES string of the molecule is CCCCON(C)C(=O)Nc1ccc(Sc2ccnc(I)n2)c(Cl)c1. The topological polar surface area (TPSA) is 67.3 Å². The van der Waals surface area contributed by atoms with E-state index in [9.17, 15) is 4.79 Å². The molecule has 0 saturated carbocycles. The Kier molecular flexibility index (Phi) is 8.20. The van der Waals surface area contributed by atoms with E-state index in [1.807, 2.05) is 12.1 Å². The Labute approximate surface area is 169 Å². The third kappa shape index (κ3) is 6.61. The van der Waals surface area contributed by atoms with Crippen LogP contribution in [0.5, 0.6) is 0 Å². The molecule has 1 aromatic heterocycles. The van der Waals surface area contributed by atoms with Crippen LogP contribution in [-0.2, 0) is 4.84 Å². The molecule has 0 aliphatic rings. The van der Waals surface area contributed by atoms with Crippen LogP contribution < -0.4 is 5.32 Å². The predicted octanol–water partition coefficient (Wildman–Crippen LogP) is 5.08. The van der Waals surface area contributed by atoms with E-state index >= 15 is 0 Å². The van der Waals surface area contributed by atoms with E-state index in [1.54, 1.807) is 25.4 Å². The summed E-state index contributed by atoms with van der Waals surface area (Å²) in [6.07, 6.45) is 3.61. The standard InChI is InChI=1S/C16H18ClIN4O2S/c1-3-4-9-24-22(2)16(23)20-11-5-6-13(12(17)10-11)25-14-7-8-19-15(18)21-14/h5-8,10H,3-4,9H2,1-2H3,(H,20,23). The molecule has 1 N–H and O–H groups in total. The van der Waals surface area contributed by atoms with Crippen LogP contribution in [0, 0.1) is 3.83 Å². The van der Waals surface area contributed by atoms with Gasteiger partial charge in [0.2, 0.25) is 0 Å². The lowest BCUT2D eigenvalue weighted by molar-refractivity contribution is -0.0948. The fraction of sp³-hybridized carbons (Fsp3) is 0.312. The highest BCUT2D eigenvalue weighted by Gasteiger charge is 2.11. The number of anilines is 1. The van der Waals surface area contributed by atoms with Crippen LogP contribution in [0.4, 0.5) is 10.5 Å². The molecule has 25 heavy (non-hydrogen) atoms. The lowest BCUT2D eigenvalue weighted by atomic mass is 10.3. The fourth-order valence-electron chi connectivity index (χ4n) is 1.76. The minimum absolute atomic E-state index is 0.349. The minimum atomic E-state index is -0.349. The van der Waals surface area contributed by atoms with Crippen LogP contribution in [0.2, 0.25) is 5.02 Å². The van der Waals surface area contributed by atoms with Gasteiger partial charge in [0.1, 0.15) is 5.03 Å². The number of urea groups is 1. The molecule has 0 aliphatic carbocycles. The summed E-state index contributed by atoms with van der Waals surface area (Å²) in [6.45, 7) is 2.57. The van der Waals surface area contributed by atoms with E-state index in [-0.39, 0.29) is 6.03 Å². The van der Waals surface area contributed by atoms with E-state index in [1.165, 1.54) is 16.8 Å². The first-order valence-electron chi connectivity index (χ1n) is 7.63. The number of nitrogens with one attached hydrogen (secondary N) is 1. The van der Waals surface area contributed by atoms with Gasteiger partial charge in [-0.25, -0.2) is 19.8 Å². The zero-order valence-electron chi connectivity index (χ0n) is 13.8. The summed E-state index contributed by atoms with van der Waals surface area (Å²) < 4.78 is 0.675. The van der Waals surface area contributed by atoms with Crippen LogP contribution in [0.15, 0.2) is 40.4 Å². The number of carbonyl (C=O) groups is 1. The zero-order chi connectivity index (χ0) is 18.2. The van der Waals surface area contributed by atoms with Gasteiger partial charge in [-0.3, -0.25) is 4.84 Å². The van der Waals surface area contributed by atoms with Crippen molar-refractivity contribution in [3.63, 3.8) is 0 Å². The van der Waals surface area contributed by atoms with Gasteiger partial charge in [-0.2, -0.15) is 0 Å². The fourth-order valence-corrected chi connectivity index (χ4v) is 3.42. The highest BCUT2D eigenvalue weighted by atomic mass is 127. The summed E-state index contributed by atoms with van der Waals surface area (Å²) in [6, 6.07) is 6.81. The zero-order valence-corrected chi connectivity index (χ0v) is 17.6. The molecule has 0 spiro atoms. The summed E-state index contributed by atoms with van der Waals surface area (Å²) in [5.74, 6) is 0. The molecule has 1 heterocycles. The van der Waals surface area contributed by atoms with Gasteiger partial charge < -0.3 is 5.32 Å². The summed E-state index contributed by atoms with van der Waals surface area (Å²) in [4.78, 5) is 26.6.